The molecule has 0 saturated heterocycles. The molecule has 0 spiro atoms. The Hall–Kier alpha value is -0.620. The van der Waals surface area contributed by atoms with Crippen molar-refractivity contribution in [3.05, 3.63) is 16.1 Å². The second kappa shape index (κ2) is 4.74. The summed E-state index contributed by atoms with van der Waals surface area (Å²) >= 11 is 0.690. The minimum atomic E-state index is -4.35. The van der Waals surface area contributed by atoms with E-state index in [1.807, 2.05) is 0 Å². The second-order valence-corrected chi connectivity index (χ2v) is 6.90. The first kappa shape index (κ1) is 13.4. The summed E-state index contributed by atoms with van der Waals surface area (Å²) in [6.07, 6.45) is 2.87. The summed E-state index contributed by atoms with van der Waals surface area (Å²) < 4.78 is 37.5. The van der Waals surface area contributed by atoms with Gasteiger partial charge < -0.3 is 5.73 Å². The Morgan fingerprint density at radius 2 is 2.16 bits per heavy atom. The van der Waals surface area contributed by atoms with Crippen LogP contribution in [0.4, 0.5) is 13.2 Å². The highest BCUT2D eigenvalue weighted by molar-refractivity contribution is 7.11. The van der Waals surface area contributed by atoms with E-state index in [9.17, 15) is 13.2 Å². The Balaban J connectivity index is 1.64. The summed E-state index contributed by atoms with van der Waals surface area (Å²) in [5.74, 6) is 2.20. The molecule has 2 nitrogen and oxygen atoms in total. The number of thiazole rings is 1. The van der Waals surface area contributed by atoms with E-state index in [2.05, 4.69) is 4.98 Å². The van der Waals surface area contributed by atoms with Gasteiger partial charge >= 0.3 is 6.18 Å². The van der Waals surface area contributed by atoms with Gasteiger partial charge in [-0.3, -0.25) is 0 Å². The molecule has 19 heavy (non-hydrogen) atoms. The van der Waals surface area contributed by atoms with E-state index in [4.69, 9.17) is 5.73 Å². The van der Waals surface area contributed by atoms with Gasteiger partial charge in [0.2, 0.25) is 0 Å². The number of halogens is 3. The number of nitrogens with zero attached hydrogens (tertiary/aromatic N) is 1. The topological polar surface area (TPSA) is 38.9 Å². The summed E-state index contributed by atoms with van der Waals surface area (Å²) in [6, 6.07) is -0.294. The highest BCUT2D eigenvalue weighted by Gasteiger charge is 2.40. The number of nitrogens with two attached hydrogens (primary N) is 1. The molecule has 0 aromatic carbocycles. The quantitative estimate of drug-likeness (QED) is 0.914. The summed E-state index contributed by atoms with van der Waals surface area (Å²) in [5, 5.41) is -0.786. The monoisotopic (exact) mass is 290 g/mol. The zero-order valence-corrected chi connectivity index (χ0v) is 11.3. The van der Waals surface area contributed by atoms with E-state index in [0.29, 0.717) is 22.1 Å². The number of aromatic nitrogens is 1. The van der Waals surface area contributed by atoms with Crippen molar-refractivity contribution >= 4 is 11.3 Å². The highest BCUT2D eigenvalue weighted by atomic mass is 32.1. The lowest BCUT2D eigenvalue weighted by Crippen LogP contribution is -2.18. The third-order valence-electron chi connectivity index (χ3n) is 4.57. The van der Waals surface area contributed by atoms with Crippen LogP contribution in [-0.4, -0.2) is 4.98 Å². The fourth-order valence-electron chi connectivity index (χ4n) is 3.70. The van der Waals surface area contributed by atoms with Crippen molar-refractivity contribution in [2.24, 2.45) is 23.5 Å². The van der Waals surface area contributed by atoms with Crippen LogP contribution in [-0.2, 0) is 6.18 Å². The molecule has 1 aromatic heterocycles. The van der Waals surface area contributed by atoms with Crippen molar-refractivity contribution in [1.82, 2.24) is 4.98 Å². The van der Waals surface area contributed by atoms with Crippen LogP contribution in [0.1, 0.15) is 48.0 Å². The zero-order chi connectivity index (χ0) is 13.6. The molecule has 4 atom stereocenters. The van der Waals surface area contributed by atoms with Gasteiger partial charge in [-0.25, -0.2) is 4.98 Å². The minimum Gasteiger partial charge on any atom is -0.323 e. The number of fused-ring (bicyclic) bond motifs is 2. The first-order valence-corrected chi connectivity index (χ1v) is 7.53. The molecule has 106 valence electrons. The van der Waals surface area contributed by atoms with Gasteiger partial charge in [0.05, 0.1) is 0 Å². The van der Waals surface area contributed by atoms with Crippen molar-refractivity contribution in [2.45, 2.75) is 44.3 Å². The maximum Gasteiger partial charge on any atom is 0.443 e. The lowest BCUT2D eigenvalue weighted by atomic mass is 9.84. The maximum atomic E-state index is 12.5. The maximum absolute atomic E-state index is 12.5. The molecule has 4 unspecified atom stereocenters. The molecule has 2 fully saturated rings. The predicted octanol–water partition coefficient (Wildman–Crippen LogP) is 3.99. The predicted molar refractivity (Wildman–Crippen MR) is 67.6 cm³/mol. The van der Waals surface area contributed by atoms with Crippen LogP contribution < -0.4 is 5.73 Å². The van der Waals surface area contributed by atoms with Crippen LogP contribution >= 0.6 is 11.3 Å². The fraction of sp³-hybridized carbons (Fsp3) is 0.769. The summed E-state index contributed by atoms with van der Waals surface area (Å²) in [7, 11) is 0. The molecule has 1 aromatic rings. The molecule has 0 amide bonds. The Morgan fingerprint density at radius 1 is 1.37 bits per heavy atom. The molecule has 0 radical (unpaired) electrons. The molecule has 1 heterocycles. The van der Waals surface area contributed by atoms with Crippen molar-refractivity contribution in [1.29, 1.82) is 0 Å². The van der Waals surface area contributed by atoms with E-state index in [0.717, 1.165) is 18.3 Å². The smallest absolute Gasteiger partial charge is 0.323 e. The van der Waals surface area contributed by atoms with Crippen molar-refractivity contribution < 1.29 is 13.2 Å². The molecule has 2 saturated carbocycles. The van der Waals surface area contributed by atoms with Crippen molar-refractivity contribution in [2.75, 3.05) is 0 Å². The van der Waals surface area contributed by atoms with Crippen LogP contribution in [0.5, 0.6) is 0 Å². The second-order valence-electron chi connectivity index (χ2n) is 5.84. The van der Waals surface area contributed by atoms with Gasteiger partial charge in [0, 0.05) is 17.1 Å². The zero-order valence-electron chi connectivity index (χ0n) is 10.5. The van der Waals surface area contributed by atoms with Crippen LogP contribution in [0.2, 0.25) is 0 Å². The van der Waals surface area contributed by atoms with Gasteiger partial charge in [0.25, 0.3) is 0 Å². The van der Waals surface area contributed by atoms with Gasteiger partial charge in [-0.05, 0) is 43.4 Å². The van der Waals surface area contributed by atoms with Crippen LogP contribution in [0.3, 0.4) is 0 Å². The number of hydrogen-bond donors (Lipinski definition) is 1. The van der Waals surface area contributed by atoms with Gasteiger partial charge in [-0.1, -0.05) is 6.42 Å². The fourth-order valence-corrected chi connectivity index (χ4v) is 4.49. The standard InChI is InChI=1S/C13H17F3N2S/c14-13(15,16)12-18-6-11(19-12)10(17)5-9-4-7-1-2-8(9)3-7/h6-10H,1-5,17H2. The van der Waals surface area contributed by atoms with Gasteiger partial charge in [-0.2, -0.15) is 13.2 Å². The van der Waals surface area contributed by atoms with E-state index >= 15 is 0 Å². The van der Waals surface area contributed by atoms with Gasteiger partial charge in [0.15, 0.2) is 5.01 Å². The van der Waals surface area contributed by atoms with Gasteiger partial charge in [0.1, 0.15) is 0 Å². The van der Waals surface area contributed by atoms with E-state index in [1.165, 1.54) is 31.9 Å². The molecule has 3 rings (SSSR count). The Bertz CT molecular complexity index is 457. The minimum absolute atomic E-state index is 0.294. The lowest BCUT2D eigenvalue weighted by molar-refractivity contribution is -0.137. The third-order valence-corrected chi connectivity index (χ3v) is 5.75. The summed E-state index contributed by atoms with van der Waals surface area (Å²) in [6.45, 7) is 0. The molecule has 0 aliphatic heterocycles. The lowest BCUT2D eigenvalue weighted by Gasteiger charge is -2.24. The highest BCUT2D eigenvalue weighted by Crippen LogP contribution is 2.51. The third kappa shape index (κ3) is 2.65. The Labute approximate surface area is 114 Å². The van der Waals surface area contributed by atoms with Crippen LogP contribution in [0.25, 0.3) is 0 Å². The van der Waals surface area contributed by atoms with Crippen molar-refractivity contribution in [3.63, 3.8) is 0 Å². The largest absolute Gasteiger partial charge is 0.443 e. The van der Waals surface area contributed by atoms with Crippen LogP contribution in [0, 0.1) is 17.8 Å². The molecule has 2 bridgehead atoms. The number of alkyl halides is 3. The van der Waals surface area contributed by atoms with E-state index in [1.54, 1.807) is 0 Å². The molecular formula is C13H17F3N2S. The molecule has 6 heteroatoms. The molecule has 2 aliphatic carbocycles. The first-order chi connectivity index (χ1) is 8.93. The summed E-state index contributed by atoms with van der Waals surface area (Å²) in [5.41, 5.74) is 6.07. The Kier molecular flexibility index (Phi) is 3.33. The molecule has 2 aliphatic rings. The first-order valence-electron chi connectivity index (χ1n) is 6.72. The number of rotatable bonds is 3. The average Bonchev–Trinajstić information content (AvgIpc) is 3.03. The van der Waals surface area contributed by atoms with Crippen molar-refractivity contribution in [3.8, 4) is 0 Å². The van der Waals surface area contributed by atoms with E-state index < -0.39 is 11.2 Å². The summed E-state index contributed by atoms with van der Waals surface area (Å²) in [4.78, 5) is 4.01. The normalized spacial score (nSPS) is 31.9. The Morgan fingerprint density at radius 3 is 2.68 bits per heavy atom. The molecule has 2 N–H and O–H groups in total. The van der Waals surface area contributed by atoms with E-state index in [-0.39, 0.29) is 6.04 Å². The van der Waals surface area contributed by atoms with Crippen LogP contribution in [0.15, 0.2) is 6.20 Å². The average molecular weight is 290 g/mol. The SMILES string of the molecule is NC(CC1CC2CCC1C2)c1cnc(C(F)(F)F)s1. The van der Waals surface area contributed by atoms with Gasteiger partial charge in [-0.15, -0.1) is 11.3 Å². The number of hydrogen-bond acceptors (Lipinski definition) is 3. The molecular weight excluding hydrogens is 273 g/mol.